The van der Waals surface area contributed by atoms with E-state index in [1.165, 1.54) is 38.3 Å². The lowest BCUT2D eigenvalue weighted by Gasteiger charge is -2.12. The predicted molar refractivity (Wildman–Crippen MR) is 102 cm³/mol. The number of imide groups is 1. The number of hydrogen-bond donors (Lipinski definition) is 0. The van der Waals surface area contributed by atoms with E-state index in [1.807, 2.05) is 0 Å². The van der Waals surface area contributed by atoms with Gasteiger partial charge >= 0.3 is 5.97 Å². The Labute approximate surface area is 164 Å². The Morgan fingerprint density at radius 1 is 1.18 bits per heavy atom. The van der Waals surface area contributed by atoms with Crippen LogP contribution in [0, 0.1) is 5.82 Å². The van der Waals surface area contributed by atoms with Gasteiger partial charge in [-0.15, -0.1) is 0 Å². The lowest BCUT2D eigenvalue weighted by molar-refractivity contribution is -0.132. The summed E-state index contributed by atoms with van der Waals surface area (Å²) in [6, 6.07) is 10.7. The molecule has 0 bridgehead atoms. The first-order valence-corrected chi connectivity index (χ1v) is 9.06. The average molecular weight is 401 g/mol. The molecule has 6 nitrogen and oxygen atoms in total. The maximum atomic E-state index is 13.8. The van der Waals surface area contributed by atoms with Crippen molar-refractivity contribution in [2.75, 3.05) is 7.11 Å². The highest BCUT2D eigenvalue weighted by Crippen LogP contribution is 2.35. The second-order valence-electron chi connectivity index (χ2n) is 5.86. The summed E-state index contributed by atoms with van der Waals surface area (Å²) in [4.78, 5) is 37.2. The highest BCUT2D eigenvalue weighted by molar-refractivity contribution is 8.18. The smallest absolute Gasteiger partial charge is 0.308 e. The number of halogens is 1. The zero-order chi connectivity index (χ0) is 20.3. The van der Waals surface area contributed by atoms with E-state index in [-0.39, 0.29) is 22.8 Å². The number of benzene rings is 2. The molecule has 1 heterocycles. The summed E-state index contributed by atoms with van der Waals surface area (Å²) in [6.45, 7) is 1.14. The van der Waals surface area contributed by atoms with E-state index in [2.05, 4.69) is 0 Å². The van der Waals surface area contributed by atoms with Gasteiger partial charge in [-0.1, -0.05) is 24.3 Å². The Kier molecular flexibility index (Phi) is 5.79. The summed E-state index contributed by atoms with van der Waals surface area (Å²) in [5, 5.41) is -0.469. The van der Waals surface area contributed by atoms with E-state index in [0.717, 1.165) is 16.7 Å². The number of carbonyl (C=O) groups excluding carboxylic acids is 3. The van der Waals surface area contributed by atoms with Gasteiger partial charge in [0.25, 0.3) is 11.1 Å². The molecule has 0 saturated carbocycles. The molecular formula is C20H16FNO5S. The van der Waals surface area contributed by atoms with Crippen LogP contribution >= 0.6 is 11.8 Å². The minimum absolute atomic E-state index is 0.136. The van der Waals surface area contributed by atoms with Gasteiger partial charge in [-0.2, -0.15) is 0 Å². The third kappa shape index (κ3) is 4.23. The molecule has 0 N–H and O–H groups in total. The molecule has 0 radical (unpaired) electrons. The van der Waals surface area contributed by atoms with Crippen LogP contribution in [0.25, 0.3) is 6.08 Å². The van der Waals surface area contributed by atoms with Crippen LogP contribution in [0.1, 0.15) is 18.1 Å². The Morgan fingerprint density at radius 3 is 2.61 bits per heavy atom. The van der Waals surface area contributed by atoms with Crippen LogP contribution in [0.4, 0.5) is 9.18 Å². The van der Waals surface area contributed by atoms with Crippen LogP contribution < -0.4 is 9.47 Å². The van der Waals surface area contributed by atoms with Crippen LogP contribution in [0.15, 0.2) is 47.4 Å². The highest BCUT2D eigenvalue weighted by Gasteiger charge is 2.35. The molecule has 2 aromatic carbocycles. The fraction of sp³-hybridized carbons (Fsp3) is 0.150. The number of rotatable bonds is 5. The van der Waals surface area contributed by atoms with Gasteiger partial charge in [-0.3, -0.25) is 19.3 Å². The first-order chi connectivity index (χ1) is 13.4. The molecular weight excluding hydrogens is 385 g/mol. The van der Waals surface area contributed by atoms with E-state index in [0.29, 0.717) is 11.3 Å². The summed E-state index contributed by atoms with van der Waals surface area (Å²) in [5.74, 6) is -0.896. The maximum absolute atomic E-state index is 13.8. The average Bonchev–Trinajstić information content (AvgIpc) is 2.91. The standard InChI is InChI=1S/C20H16FNO5S/c1-12(23)27-16-8-7-13(9-17(16)26-2)10-18-19(24)22(20(25)28-18)11-14-5-3-4-6-15(14)21/h3-10H,11H2,1-2H3/b18-10-. The van der Waals surface area contributed by atoms with Gasteiger partial charge < -0.3 is 9.47 Å². The number of thioether (sulfide) groups is 1. The van der Waals surface area contributed by atoms with Crippen LogP contribution in [-0.2, 0) is 16.1 Å². The van der Waals surface area contributed by atoms with Crippen molar-refractivity contribution >= 4 is 35.0 Å². The number of methoxy groups -OCH3 is 1. The zero-order valence-electron chi connectivity index (χ0n) is 15.1. The molecule has 0 atom stereocenters. The van der Waals surface area contributed by atoms with Crippen molar-refractivity contribution in [3.8, 4) is 11.5 Å². The van der Waals surface area contributed by atoms with Crippen LogP contribution in [0.3, 0.4) is 0 Å². The third-order valence-corrected chi connectivity index (χ3v) is 4.81. The minimum atomic E-state index is -0.499. The molecule has 2 aromatic rings. The van der Waals surface area contributed by atoms with E-state index in [1.54, 1.807) is 24.3 Å². The summed E-state index contributed by atoms with van der Waals surface area (Å²) in [5.41, 5.74) is 0.850. The Balaban J connectivity index is 1.83. The minimum Gasteiger partial charge on any atom is -0.493 e. The van der Waals surface area contributed by atoms with E-state index in [4.69, 9.17) is 9.47 Å². The largest absolute Gasteiger partial charge is 0.493 e. The topological polar surface area (TPSA) is 72.9 Å². The van der Waals surface area contributed by atoms with E-state index < -0.39 is 22.9 Å². The van der Waals surface area contributed by atoms with Gasteiger partial charge in [0.05, 0.1) is 18.6 Å². The third-order valence-electron chi connectivity index (χ3n) is 3.90. The lowest BCUT2D eigenvalue weighted by Crippen LogP contribution is -2.27. The summed E-state index contributed by atoms with van der Waals surface area (Å²) in [6.07, 6.45) is 1.53. The van der Waals surface area contributed by atoms with E-state index in [9.17, 15) is 18.8 Å². The van der Waals surface area contributed by atoms with Crippen molar-refractivity contribution in [1.82, 2.24) is 4.90 Å². The number of ether oxygens (including phenoxy) is 2. The Hall–Kier alpha value is -3.13. The molecule has 3 rings (SSSR count). The van der Waals surface area contributed by atoms with Crippen molar-refractivity contribution < 1.29 is 28.2 Å². The zero-order valence-corrected chi connectivity index (χ0v) is 15.9. The lowest BCUT2D eigenvalue weighted by atomic mass is 10.1. The quantitative estimate of drug-likeness (QED) is 0.428. The van der Waals surface area contributed by atoms with Gasteiger partial charge in [-0.25, -0.2) is 4.39 Å². The summed E-state index contributed by atoms with van der Waals surface area (Å²) >= 11 is 0.780. The number of nitrogens with zero attached hydrogens (tertiary/aromatic N) is 1. The second-order valence-corrected chi connectivity index (χ2v) is 6.86. The Bertz CT molecular complexity index is 988. The number of amides is 2. The van der Waals surface area contributed by atoms with Crippen molar-refractivity contribution in [3.05, 3.63) is 64.3 Å². The second kappa shape index (κ2) is 8.26. The molecule has 0 aromatic heterocycles. The molecule has 0 spiro atoms. The van der Waals surface area contributed by atoms with Gasteiger partial charge in [0.1, 0.15) is 5.82 Å². The molecule has 2 amide bonds. The maximum Gasteiger partial charge on any atom is 0.308 e. The molecule has 1 fully saturated rings. The number of carbonyl (C=O) groups is 3. The highest BCUT2D eigenvalue weighted by atomic mass is 32.2. The van der Waals surface area contributed by atoms with Gasteiger partial charge in [0.15, 0.2) is 11.5 Å². The van der Waals surface area contributed by atoms with Crippen molar-refractivity contribution in [1.29, 1.82) is 0 Å². The van der Waals surface area contributed by atoms with E-state index >= 15 is 0 Å². The van der Waals surface area contributed by atoms with Gasteiger partial charge in [0.2, 0.25) is 0 Å². The van der Waals surface area contributed by atoms with Crippen LogP contribution in [-0.4, -0.2) is 29.1 Å². The monoisotopic (exact) mass is 401 g/mol. The SMILES string of the molecule is COc1cc(/C=C2\SC(=O)N(Cc3ccccc3F)C2=O)ccc1OC(C)=O. The van der Waals surface area contributed by atoms with Crippen LogP contribution in [0.5, 0.6) is 11.5 Å². The van der Waals surface area contributed by atoms with Crippen molar-refractivity contribution in [2.45, 2.75) is 13.5 Å². The first-order valence-electron chi connectivity index (χ1n) is 8.24. The first kappa shape index (κ1) is 19.6. The molecule has 28 heavy (non-hydrogen) atoms. The predicted octanol–water partition coefficient (Wildman–Crippen LogP) is 4.00. The normalized spacial score (nSPS) is 15.2. The van der Waals surface area contributed by atoms with Crippen molar-refractivity contribution in [2.24, 2.45) is 0 Å². The molecule has 144 valence electrons. The van der Waals surface area contributed by atoms with Gasteiger partial charge in [0, 0.05) is 12.5 Å². The number of hydrogen-bond acceptors (Lipinski definition) is 6. The fourth-order valence-electron chi connectivity index (χ4n) is 2.60. The Morgan fingerprint density at radius 2 is 1.93 bits per heavy atom. The molecule has 1 aliphatic rings. The molecule has 1 saturated heterocycles. The molecule has 1 aliphatic heterocycles. The van der Waals surface area contributed by atoms with Gasteiger partial charge in [-0.05, 0) is 41.6 Å². The molecule has 0 aliphatic carbocycles. The van der Waals surface area contributed by atoms with Crippen molar-refractivity contribution in [3.63, 3.8) is 0 Å². The van der Waals surface area contributed by atoms with Crippen LogP contribution in [0.2, 0.25) is 0 Å². The summed E-state index contributed by atoms with van der Waals surface area (Å²) < 4.78 is 24.1. The summed E-state index contributed by atoms with van der Waals surface area (Å²) in [7, 11) is 1.42. The fourth-order valence-corrected chi connectivity index (χ4v) is 3.44. The number of esters is 1. The molecule has 0 unspecified atom stereocenters. The molecule has 8 heteroatoms.